The number of nitrogens with two attached hydrogens (primary N) is 2. The van der Waals surface area contributed by atoms with Crippen LogP contribution in [0.15, 0.2) is 30.3 Å². The van der Waals surface area contributed by atoms with E-state index in [0.717, 1.165) is 0 Å². The van der Waals surface area contributed by atoms with E-state index in [1.54, 1.807) is 12.1 Å². The van der Waals surface area contributed by atoms with Crippen LogP contribution in [-0.4, -0.2) is 18.4 Å². The van der Waals surface area contributed by atoms with Gasteiger partial charge in [0.05, 0.1) is 0 Å². The van der Waals surface area contributed by atoms with E-state index < -0.39 is 0 Å². The largest absolute Gasteiger partial charge is 0.329 e. The number of carbonyl (C=O) groups is 1. The summed E-state index contributed by atoms with van der Waals surface area (Å²) in [6.45, 7) is 0.346. The fraction of sp³-hybridized carbons (Fsp3) is 0.300. The third-order valence-electron chi connectivity index (χ3n) is 1.85. The third-order valence-corrected chi connectivity index (χ3v) is 1.85. The minimum absolute atomic E-state index is 0.0542. The monoisotopic (exact) mass is 178 g/mol. The molecular weight excluding hydrogens is 164 g/mol. The first kappa shape index (κ1) is 9.89. The van der Waals surface area contributed by atoms with Gasteiger partial charge in [0.1, 0.15) is 0 Å². The summed E-state index contributed by atoms with van der Waals surface area (Å²) < 4.78 is 0. The second kappa shape index (κ2) is 4.74. The highest BCUT2D eigenvalue weighted by Crippen LogP contribution is 2.03. The normalized spacial score (nSPS) is 12.5. The molecule has 0 saturated heterocycles. The molecule has 1 unspecified atom stereocenters. The van der Waals surface area contributed by atoms with Gasteiger partial charge < -0.3 is 11.5 Å². The molecule has 0 heterocycles. The molecule has 1 atom stereocenters. The lowest BCUT2D eigenvalue weighted by molar-refractivity contribution is 0.0975. The van der Waals surface area contributed by atoms with Gasteiger partial charge in [-0.05, 0) is 0 Å². The second-order valence-electron chi connectivity index (χ2n) is 2.99. The summed E-state index contributed by atoms with van der Waals surface area (Å²) >= 11 is 0. The number of ketones is 1. The highest BCUT2D eigenvalue weighted by atomic mass is 16.1. The van der Waals surface area contributed by atoms with Crippen molar-refractivity contribution in [2.45, 2.75) is 12.5 Å². The molecule has 1 aromatic carbocycles. The second-order valence-corrected chi connectivity index (χ2v) is 2.99. The number of carbonyl (C=O) groups excluding carboxylic acids is 1. The van der Waals surface area contributed by atoms with Crippen molar-refractivity contribution < 1.29 is 4.79 Å². The van der Waals surface area contributed by atoms with Gasteiger partial charge in [-0.2, -0.15) is 0 Å². The molecule has 3 heteroatoms. The van der Waals surface area contributed by atoms with E-state index >= 15 is 0 Å². The Bertz CT molecular complexity index is 272. The quantitative estimate of drug-likeness (QED) is 0.661. The van der Waals surface area contributed by atoms with E-state index in [0.29, 0.717) is 18.5 Å². The zero-order chi connectivity index (χ0) is 9.68. The molecular formula is C10H14N2O. The van der Waals surface area contributed by atoms with Gasteiger partial charge in [0.2, 0.25) is 0 Å². The van der Waals surface area contributed by atoms with E-state index in [2.05, 4.69) is 0 Å². The lowest BCUT2D eigenvalue weighted by Gasteiger charge is -2.06. The first-order valence-electron chi connectivity index (χ1n) is 4.28. The highest BCUT2D eigenvalue weighted by molar-refractivity contribution is 5.96. The molecule has 0 aliphatic heterocycles. The van der Waals surface area contributed by atoms with E-state index in [1.807, 2.05) is 18.2 Å². The number of hydrogen-bond acceptors (Lipinski definition) is 3. The molecule has 1 aromatic rings. The van der Waals surface area contributed by atoms with Gasteiger partial charge in [0, 0.05) is 24.6 Å². The molecule has 0 bridgehead atoms. The summed E-state index contributed by atoms with van der Waals surface area (Å²) in [6, 6.07) is 8.88. The van der Waals surface area contributed by atoms with Gasteiger partial charge in [-0.25, -0.2) is 0 Å². The first-order chi connectivity index (χ1) is 6.24. The summed E-state index contributed by atoms with van der Waals surface area (Å²) in [5.74, 6) is 0.0542. The third kappa shape index (κ3) is 2.97. The fourth-order valence-corrected chi connectivity index (χ4v) is 1.06. The standard InChI is InChI=1S/C10H14N2O/c11-7-9(12)6-10(13)8-4-2-1-3-5-8/h1-5,9H,6-7,11-12H2. The topological polar surface area (TPSA) is 69.1 Å². The Kier molecular flexibility index (Phi) is 3.61. The average molecular weight is 178 g/mol. The molecule has 0 aromatic heterocycles. The SMILES string of the molecule is NCC(N)CC(=O)c1ccccc1. The van der Waals surface area contributed by atoms with Crippen LogP contribution in [-0.2, 0) is 0 Å². The number of hydrogen-bond donors (Lipinski definition) is 2. The molecule has 4 N–H and O–H groups in total. The minimum Gasteiger partial charge on any atom is -0.329 e. The lowest BCUT2D eigenvalue weighted by Crippen LogP contribution is -2.32. The first-order valence-corrected chi connectivity index (χ1v) is 4.28. The van der Waals surface area contributed by atoms with Crippen molar-refractivity contribution in [2.75, 3.05) is 6.54 Å². The Morgan fingerprint density at radius 1 is 1.31 bits per heavy atom. The molecule has 0 spiro atoms. The summed E-state index contributed by atoms with van der Waals surface area (Å²) in [5.41, 5.74) is 11.6. The van der Waals surface area contributed by atoms with Crippen LogP contribution < -0.4 is 11.5 Å². The van der Waals surface area contributed by atoms with E-state index in [4.69, 9.17) is 11.5 Å². The van der Waals surface area contributed by atoms with Crippen LogP contribution in [0.1, 0.15) is 16.8 Å². The zero-order valence-corrected chi connectivity index (χ0v) is 7.44. The summed E-state index contributed by atoms with van der Waals surface area (Å²) in [6.07, 6.45) is 0.320. The Morgan fingerprint density at radius 2 is 1.92 bits per heavy atom. The molecule has 0 amide bonds. The maximum atomic E-state index is 11.5. The molecule has 70 valence electrons. The summed E-state index contributed by atoms with van der Waals surface area (Å²) in [4.78, 5) is 11.5. The van der Waals surface area contributed by atoms with E-state index in [-0.39, 0.29) is 11.8 Å². The average Bonchev–Trinajstić information content (AvgIpc) is 2.19. The Labute approximate surface area is 77.7 Å². The van der Waals surface area contributed by atoms with Crippen LogP contribution in [0.25, 0.3) is 0 Å². The van der Waals surface area contributed by atoms with Gasteiger partial charge in [-0.3, -0.25) is 4.79 Å². The van der Waals surface area contributed by atoms with Crippen molar-refractivity contribution in [3.05, 3.63) is 35.9 Å². The maximum Gasteiger partial charge on any atom is 0.164 e. The van der Waals surface area contributed by atoms with Crippen LogP contribution in [0.5, 0.6) is 0 Å². The Balaban J connectivity index is 2.59. The van der Waals surface area contributed by atoms with Crippen LogP contribution >= 0.6 is 0 Å². The van der Waals surface area contributed by atoms with Gasteiger partial charge in [-0.1, -0.05) is 30.3 Å². The lowest BCUT2D eigenvalue weighted by atomic mass is 10.0. The van der Waals surface area contributed by atoms with Crippen LogP contribution in [0, 0.1) is 0 Å². The van der Waals surface area contributed by atoms with Crippen LogP contribution in [0.3, 0.4) is 0 Å². The summed E-state index contributed by atoms with van der Waals surface area (Å²) in [5, 5.41) is 0. The predicted octanol–water partition coefficient (Wildman–Crippen LogP) is 0.545. The van der Waals surface area contributed by atoms with Gasteiger partial charge >= 0.3 is 0 Å². The van der Waals surface area contributed by atoms with Gasteiger partial charge in [0.25, 0.3) is 0 Å². The van der Waals surface area contributed by atoms with Crippen molar-refractivity contribution in [1.82, 2.24) is 0 Å². The van der Waals surface area contributed by atoms with Gasteiger partial charge in [-0.15, -0.1) is 0 Å². The molecule has 3 nitrogen and oxygen atoms in total. The zero-order valence-electron chi connectivity index (χ0n) is 7.44. The molecule has 0 radical (unpaired) electrons. The molecule has 1 rings (SSSR count). The molecule has 0 aliphatic carbocycles. The van der Waals surface area contributed by atoms with Crippen molar-refractivity contribution >= 4 is 5.78 Å². The van der Waals surface area contributed by atoms with Gasteiger partial charge in [0.15, 0.2) is 5.78 Å². The number of benzene rings is 1. The van der Waals surface area contributed by atoms with Crippen molar-refractivity contribution in [2.24, 2.45) is 11.5 Å². The van der Waals surface area contributed by atoms with Crippen molar-refractivity contribution in [3.8, 4) is 0 Å². The Morgan fingerprint density at radius 3 is 2.46 bits per heavy atom. The molecule has 0 fully saturated rings. The van der Waals surface area contributed by atoms with Crippen molar-refractivity contribution in [1.29, 1.82) is 0 Å². The number of Topliss-reactive ketones (excluding diaryl/α,β-unsaturated/α-hetero) is 1. The molecule has 0 aliphatic rings. The minimum atomic E-state index is -0.229. The Hall–Kier alpha value is -1.19. The van der Waals surface area contributed by atoms with Crippen LogP contribution in [0.2, 0.25) is 0 Å². The predicted molar refractivity (Wildman–Crippen MR) is 52.4 cm³/mol. The highest BCUT2D eigenvalue weighted by Gasteiger charge is 2.09. The molecule has 0 saturated carbocycles. The van der Waals surface area contributed by atoms with E-state index in [1.165, 1.54) is 0 Å². The smallest absolute Gasteiger partial charge is 0.164 e. The van der Waals surface area contributed by atoms with Crippen LogP contribution in [0.4, 0.5) is 0 Å². The number of rotatable bonds is 4. The van der Waals surface area contributed by atoms with Crippen molar-refractivity contribution in [3.63, 3.8) is 0 Å². The maximum absolute atomic E-state index is 11.5. The fourth-order valence-electron chi connectivity index (χ4n) is 1.06. The van der Waals surface area contributed by atoms with E-state index in [9.17, 15) is 4.79 Å². The molecule has 13 heavy (non-hydrogen) atoms. The summed E-state index contributed by atoms with van der Waals surface area (Å²) in [7, 11) is 0.